The van der Waals surface area contributed by atoms with Gasteiger partial charge in [-0.25, -0.2) is 8.78 Å². The molecule has 3 heteroatoms. The number of hydrogen-bond acceptors (Lipinski definition) is 1. The molecule has 0 bridgehead atoms. The fraction of sp³-hybridized carbons (Fsp3) is 0.889. The summed E-state index contributed by atoms with van der Waals surface area (Å²) in [4.78, 5) is 10.0. The van der Waals surface area contributed by atoms with Crippen LogP contribution in [-0.2, 0) is 4.79 Å². The van der Waals surface area contributed by atoms with Crippen molar-refractivity contribution in [1.29, 1.82) is 0 Å². The minimum atomic E-state index is -2.47. The molecule has 1 rings (SSSR count). The Morgan fingerprint density at radius 2 is 2.25 bits per heavy atom. The number of carbonyl (C=O) groups is 1. The Morgan fingerprint density at radius 3 is 2.83 bits per heavy atom. The lowest BCUT2D eigenvalue weighted by atomic mass is 9.84. The molecular formula is C9H14F2O. The van der Waals surface area contributed by atoms with Crippen LogP contribution in [0.15, 0.2) is 0 Å². The number of hydrogen-bond donors (Lipinski definition) is 0. The van der Waals surface area contributed by atoms with Crippen molar-refractivity contribution in [3.63, 3.8) is 0 Å². The molecule has 1 nitrogen and oxygen atoms in total. The summed E-state index contributed by atoms with van der Waals surface area (Å²) in [5, 5.41) is 0. The average molecular weight is 176 g/mol. The minimum absolute atomic E-state index is 0.0131. The Hall–Kier alpha value is -0.470. The molecule has 0 spiro atoms. The van der Waals surface area contributed by atoms with E-state index in [1.807, 2.05) is 0 Å². The molecular weight excluding hydrogens is 162 g/mol. The van der Waals surface area contributed by atoms with Crippen LogP contribution in [0, 0.1) is 5.92 Å². The molecule has 0 saturated heterocycles. The molecule has 1 aliphatic rings. The van der Waals surface area contributed by atoms with Gasteiger partial charge in [0.15, 0.2) is 0 Å². The second-order valence-electron chi connectivity index (χ2n) is 3.56. The predicted octanol–water partition coefficient (Wildman–Crippen LogP) is 2.79. The summed E-state index contributed by atoms with van der Waals surface area (Å²) in [7, 11) is 0. The topological polar surface area (TPSA) is 17.1 Å². The summed E-state index contributed by atoms with van der Waals surface area (Å²) in [5.41, 5.74) is 0. The third kappa shape index (κ3) is 2.88. The van der Waals surface area contributed by atoms with Crippen LogP contribution in [0.1, 0.15) is 38.5 Å². The van der Waals surface area contributed by atoms with Crippen LogP contribution in [-0.4, -0.2) is 12.2 Å². The first kappa shape index (κ1) is 9.62. The summed E-state index contributed by atoms with van der Waals surface area (Å²) in [6, 6.07) is 0. The molecule has 0 aromatic carbocycles. The molecule has 1 aliphatic carbocycles. The highest BCUT2D eigenvalue weighted by Crippen LogP contribution is 2.38. The maximum Gasteiger partial charge on any atom is 0.248 e. The zero-order chi connectivity index (χ0) is 9.03. The Labute approximate surface area is 71.1 Å². The quantitative estimate of drug-likeness (QED) is 0.604. The number of rotatable bonds is 3. The molecule has 1 saturated carbocycles. The maximum atomic E-state index is 12.8. The van der Waals surface area contributed by atoms with Crippen molar-refractivity contribution in [3.05, 3.63) is 0 Å². The fourth-order valence-corrected chi connectivity index (χ4v) is 1.83. The van der Waals surface area contributed by atoms with E-state index in [0.29, 0.717) is 19.3 Å². The summed E-state index contributed by atoms with van der Waals surface area (Å²) in [6.45, 7) is 0. The molecule has 0 aromatic rings. The molecule has 0 aliphatic heterocycles. The van der Waals surface area contributed by atoms with Crippen LogP contribution in [0.2, 0.25) is 0 Å². The molecule has 0 aromatic heterocycles. The minimum Gasteiger partial charge on any atom is -0.303 e. The number of halogens is 2. The first-order valence-electron chi connectivity index (χ1n) is 4.45. The fourth-order valence-electron chi connectivity index (χ4n) is 1.83. The molecule has 70 valence electrons. The van der Waals surface area contributed by atoms with E-state index in [-0.39, 0.29) is 18.8 Å². The highest BCUT2D eigenvalue weighted by molar-refractivity contribution is 5.49. The molecule has 12 heavy (non-hydrogen) atoms. The lowest BCUT2D eigenvalue weighted by molar-refractivity contribution is -0.108. The van der Waals surface area contributed by atoms with Gasteiger partial charge in [-0.1, -0.05) is 6.42 Å². The van der Waals surface area contributed by atoms with Crippen molar-refractivity contribution in [1.82, 2.24) is 0 Å². The Balaban J connectivity index is 2.31. The van der Waals surface area contributed by atoms with E-state index < -0.39 is 5.92 Å². The normalized spacial score (nSPS) is 28.3. The lowest BCUT2D eigenvalue weighted by Crippen LogP contribution is -2.25. The smallest absolute Gasteiger partial charge is 0.248 e. The highest BCUT2D eigenvalue weighted by atomic mass is 19.3. The van der Waals surface area contributed by atoms with E-state index in [1.165, 1.54) is 0 Å². The second-order valence-corrected chi connectivity index (χ2v) is 3.56. The van der Waals surface area contributed by atoms with E-state index in [0.717, 1.165) is 12.7 Å². The Morgan fingerprint density at radius 1 is 1.50 bits per heavy atom. The first-order chi connectivity index (χ1) is 5.64. The zero-order valence-electron chi connectivity index (χ0n) is 7.06. The maximum absolute atomic E-state index is 12.8. The standard InChI is InChI=1S/C9H14F2O/c10-9(11)5-1-3-8(7-9)4-2-6-12/h6,8H,1-5,7H2. The monoisotopic (exact) mass is 176 g/mol. The van der Waals surface area contributed by atoms with Crippen LogP contribution in [0.25, 0.3) is 0 Å². The number of aldehydes is 1. The van der Waals surface area contributed by atoms with Gasteiger partial charge in [-0.2, -0.15) is 0 Å². The summed E-state index contributed by atoms with van der Waals surface area (Å²) in [5.74, 6) is -2.40. The zero-order valence-corrected chi connectivity index (χ0v) is 7.06. The van der Waals surface area contributed by atoms with Gasteiger partial charge < -0.3 is 4.79 Å². The van der Waals surface area contributed by atoms with E-state index in [9.17, 15) is 13.6 Å². The van der Waals surface area contributed by atoms with Crippen molar-refractivity contribution >= 4 is 6.29 Å². The SMILES string of the molecule is O=CCCC1CCCC(F)(F)C1. The summed E-state index contributed by atoms with van der Waals surface area (Å²) >= 11 is 0. The van der Waals surface area contributed by atoms with Gasteiger partial charge in [0.2, 0.25) is 5.92 Å². The van der Waals surface area contributed by atoms with Gasteiger partial charge in [0.05, 0.1) is 0 Å². The van der Waals surface area contributed by atoms with Gasteiger partial charge in [-0.15, -0.1) is 0 Å². The molecule has 0 radical (unpaired) electrons. The Kier molecular flexibility index (Phi) is 3.18. The highest BCUT2D eigenvalue weighted by Gasteiger charge is 2.35. The molecule has 0 amide bonds. The number of carbonyl (C=O) groups excluding carboxylic acids is 1. The molecule has 1 atom stereocenters. The number of alkyl halides is 2. The van der Waals surface area contributed by atoms with Crippen LogP contribution in [0.5, 0.6) is 0 Å². The first-order valence-corrected chi connectivity index (χ1v) is 4.45. The van der Waals surface area contributed by atoms with Gasteiger partial charge in [0.1, 0.15) is 6.29 Å². The van der Waals surface area contributed by atoms with Gasteiger partial charge >= 0.3 is 0 Å². The van der Waals surface area contributed by atoms with Crippen LogP contribution < -0.4 is 0 Å². The van der Waals surface area contributed by atoms with E-state index in [2.05, 4.69) is 0 Å². The van der Waals surface area contributed by atoms with Gasteiger partial charge in [-0.3, -0.25) is 0 Å². The van der Waals surface area contributed by atoms with E-state index >= 15 is 0 Å². The lowest BCUT2D eigenvalue weighted by Gasteiger charge is -2.28. The molecule has 0 heterocycles. The largest absolute Gasteiger partial charge is 0.303 e. The molecule has 1 unspecified atom stereocenters. The van der Waals surface area contributed by atoms with Gasteiger partial charge in [0.25, 0.3) is 0 Å². The Bertz CT molecular complexity index is 157. The average Bonchev–Trinajstić information content (AvgIpc) is 1.99. The van der Waals surface area contributed by atoms with Crippen LogP contribution in [0.3, 0.4) is 0 Å². The van der Waals surface area contributed by atoms with Crippen LogP contribution >= 0.6 is 0 Å². The van der Waals surface area contributed by atoms with Crippen molar-refractivity contribution in [2.75, 3.05) is 0 Å². The molecule has 0 N–H and O–H groups in total. The van der Waals surface area contributed by atoms with E-state index in [1.54, 1.807) is 0 Å². The van der Waals surface area contributed by atoms with E-state index in [4.69, 9.17) is 0 Å². The predicted molar refractivity (Wildman–Crippen MR) is 42.2 cm³/mol. The van der Waals surface area contributed by atoms with Crippen LogP contribution in [0.4, 0.5) is 8.78 Å². The third-order valence-electron chi connectivity index (χ3n) is 2.43. The van der Waals surface area contributed by atoms with Crippen molar-refractivity contribution in [2.24, 2.45) is 5.92 Å². The van der Waals surface area contributed by atoms with Crippen molar-refractivity contribution < 1.29 is 13.6 Å². The van der Waals surface area contributed by atoms with Crippen molar-refractivity contribution in [2.45, 2.75) is 44.4 Å². The summed E-state index contributed by atoms with van der Waals surface area (Å²) < 4.78 is 25.6. The van der Waals surface area contributed by atoms with Gasteiger partial charge in [-0.05, 0) is 18.8 Å². The third-order valence-corrected chi connectivity index (χ3v) is 2.43. The van der Waals surface area contributed by atoms with Gasteiger partial charge in [0, 0.05) is 19.3 Å². The van der Waals surface area contributed by atoms with Crippen molar-refractivity contribution in [3.8, 4) is 0 Å². The molecule has 1 fully saturated rings. The summed E-state index contributed by atoms with van der Waals surface area (Å²) in [6.07, 6.45) is 3.37. The second kappa shape index (κ2) is 3.97.